The number of aromatic amines is 2. The summed E-state index contributed by atoms with van der Waals surface area (Å²) in [7, 11) is 2.17. The number of carbonyl (C=O) groups excluding carboxylic acids is 1. The van der Waals surface area contributed by atoms with Gasteiger partial charge in [-0.15, -0.1) is 0 Å². The Morgan fingerprint density at radius 1 is 1.21 bits per heavy atom. The van der Waals surface area contributed by atoms with Gasteiger partial charge in [0, 0.05) is 0 Å². The highest BCUT2D eigenvalue weighted by atomic mass is 19.1. The summed E-state index contributed by atoms with van der Waals surface area (Å²) >= 11 is 0. The number of carbonyl (C=O) groups is 1. The van der Waals surface area contributed by atoms with Gasteiger partial charge in [-0.1, -0.05) is 36.9 Å². The lowest BCUT2D eigenvalue weighted by atomic mass is 10.1. The molecule has 1 aliphatic rings. The van der Waals surface area contributed by atoms with Gasteiger partial charge in [0.05, 0.1) is 23.8 Å². The van der Waals surface area contributed by atoms with Gasteiger partial charge >= 0.3 is 0 Å². The van der Waals surface area contributed by atoms with Gasteiger partial charge < -0.3 is 15.2 Å². The molecule has 4 rings (SSSR count). The van der Waals surface area contributed by atoms with Crippen LogP contribution in [0.5, 0.6) is 0 Å². The van der Waals surface area contributed by atoms with E-state index >= 15 is 0 Å². The fraction of sp³-hybridized carbons (Fsp3) is 0.240. The molecule has 178 valence electrons. The van der Waals surface area contributed by atoms with E-state index in [0.29, 0.717) is 11.5 Å². The number of aromatic nitrogens is 4. The predicted octanol–water partition coefficient (Wildman–Crippen LogP) is 5.19. The molecule has 1 aromatic carbocycles. The number of imidazole rings is 1. The van der Waals surface area contributed by atoms with E-state index in [4.69, 9.17) is 0 Å². The molecule has 0 unspecified atom stereocenters. The summed E-state index contributed by atoms with van der Waals surface area (Å²) in [6, 6.07) is 3.22. The minimum Gasteiger partial charge on any atom is -0.337 e. The minimum atomic E-state index is -0.949. The Morgan fingerprint density at radius 2 is 1.91 bits per heavy atom. The average molecular weight is 467 g/mol. The quantitative estimate of drug-likeness (QED) is 0.436. The lowest BCUT2D eigenvalue weighted by molar-refractivity contribution is 0.101. The van der Waals surface area contributed by atoms with Crippen molar-refractivity contribution in [2.45, 2.75) is 19.8 Å². The normalized spacial score (nSPS) is 14.2. The maximum atomic E-state index is 13.8. The van der Waals surface area contributed by atoms with Gasteiger partial charge in [-0.05, 0) is 57.6 Å². The van der Waals surface area contributed by atoms with Crippen LogP contribution >= 0.6 is 0 Å². The molecule has 7 nitrogen and oxygen atoms in total. The highest BCUT2D eigenvalue weighted by Crippen LogP contribution is 2.26. The standard InChI is InChI=1S/C20H17F2N5O.C5H11N/c1-3-5-7-12(4-2)15-10-23-19(25-15)18-16(11-24-27-18)26-20(28)17-13(21)8-6-9-14(17)22;1-6-4-2-3-5-6/h3-11H,1H2,2H3,(H,23,25)(H,24,27)(H,26,28);2-5H2,1H3/b7-5-,12-4+;. The third kappa shape index (κ3) is 6.14. The van der Waals surface area contributed by atoms with Crippen molar-refractivity contribution in [3.05, 3.63) is 84.4 Å². The average Bonchev–Trinajstić information content (AvgIpc) is 3.57. The number of hydrogen-bond acceptors (Lipinski definition) is 4. The van der Waals surface area contributed by atoms with E-state index in [1.807, 2.05) is 19.1 Å². The number of likely N-dealkylation sites (tertiary alicyclic amines) is 1. The predicted molar refractivity (Wildman–Crippen MR) is 130 cm³/mol. The maximum Gasteiger partial charge on any atom is 0.261 e. The summed E-state index contributed by atoms with van der Waals surface area (Å²) in [4.78, 5) is 22.1. The Bertz CT molecular complexity index is 1170. The van der Waals surface area contributed by atoms with Gasteiger partial charge in [-0.2, -0.15) is 5.10 Å². The van der Waals surface area contributed by atoms with Gasteiger partial charge in [0.2, 0.25) is 0 Å². The number of allylic oxidation sites excluding steroid dienone is 5. The molecule has 0 atom stereocenters. The first-order valence-corrected chi connectivity index (χ1v) is 10.9. The molecule has 1 amide bonds. The van der Waals surface area contributed by atoms with Gasteiger partial charge in [-0.25, -0.2) is 13.8 Å². The van der Waals surface area contributed by atoms with Crippen molar-refractivity contribution in [3.8, 4) is 11.5 Å². The van der Waals surface area contributed by atoms with Crippen molar-refractivity contribution in [1.82, 2.24) is 25.1 Å². The fourth-order valence-electron chi connectivity index (χ4n) is 3.44. The molecular formula is C25H28F2N6O. The van der Waals surface area contributed by atoms with Crippen LogP contribution in [0.2, 0.25) is 0 Å². The largest absolute Gasteiger partial charge is 0.337 e. The summed E-state index contributed by atoms with van der Waals surface area (Å²) < 4.78 is 27.6. The maximum absolute atomic E-state index is 13.8. The molecule has 9 heteroatoms. The van der Waals surface area contributed by atoms with Gasteiger partial charge in [0.25, 0.3) is 5.91 Å². The van der Waals surface area contributed by atoms with Crippen LogP contribution < -0.4 is 5.32 Å². The van der Waals surface area contributed by atoms with E-state index in [-0.39, 0.29) is 5.69 Å². The van der Waals surface area contributed by atoms with E-state index in [1.54, 1.807) is 18.3 Å². The molecule has 0 aliphatic carbocycles. The molecule has 0 bridgehead atoms. The molecule has 3 aromatic rings. The van der Waals surface area contributed by atoms with Gasteiger partial charge in [0.15, 0.2) is 5.82 Å². The van der Waals surface area contributed by atoms with Crippen molar-refractivity contribution in [1.29, 1.82) is 0 Å². The molecule has 1 aliphatic heterocycles. The smallest absolute Gasteiger partial charge is 0.261 e. The van der Waals surface area contributed by atoms with Crippen molar-refractivity contribution in [2.75, 3.05) is 25.5 Å². The lowest BCUT2D eigenvalue weighted by Crippen LogP contribution is -2.16. The summed E-state index contributed by atoms with van der Waals surface area (Å²) in [5.41, 5.74) is 1.57. The third-order valence-corrected chi connectivity index (χ3v) is 5.25. The number of anilines is 1. The first-order chi connectivity index (χ1) is 16.4. The number of rotatable bonds is 6. The molecule has 2 aromatic heterocycles. The topological polar surface area (TPSA) is 89.7 Å². The van der Waals surface area contributed by atoms with E-state index in [1.165, 1.54) is 38.2 Å². The lowest BCUT2D eigenvalue weighted by Gasteiger charge is -2.06. The van der Waals surface area contributed by atoms with Crippen LogP contribution in [0.15, 0.2) is 61.5 Å². The summed E-state index contributed by atoms with van der Waals surface area (Å²) in [6.45, 7) is 8.16. The molecule has 1 fully saturated rings. The molecular weight excluding hydrogens is 438 g/mol. The van der Waals surface area contributed by atoms with Crippen molar-refractivity contribution in [3.63, 3.8) is 0 Å². The van der Waals surface area contributed by atoms with Crippen molar-refractivity contribution >= 4 is 17.2 Å². The molecule has 1 saturated heterocycles. The number of amides is 1. The first-order valence-electron chi connectivity index (χ1n) is 10.9. The monoisotopic (exact) mass is 466 g/mol. The van der Waals surface area contributed by atoms with Crippen molar-refractivity contribution in [2.24, 2.45) is 0 Å². The first kappa shape index (κ1) is 24.8. The number of benzene rings is 1. The fourth-order valence-corrected chi connectivity index (χ4v) is 3.44. The Morgan fingerprint density at radius 3 is 2.50 bits per heavy atom. The summed E-state index contributed by atoms with van der Waals surface area (Å²) in [6.07, 6.45) is 13.0. The molecule has 0 spiro atoms. The third-order valence-electron chi connectivity index (χ3n) is 5.25. The molecule has 0 saturated carbocycles. The zero-order valence-electron chi connectivity index (χ0n) is 19.2. The zero-order chi connectivity index (χ0) is 24.5. The number of H-pyrrole nitrogens is 2. The van der Waals surface area contributed by atoms with Crippen LogP contribution in [0.1, 0.15) is 35.8 Å². The van der Waals surface area contributed by atoms with Crippen molar-refractivity contribution < 1.29 is 13.6 Å². The van der Waals surface area contributed by atoms with Crippen LogP contribution in [-0.2, 0) is 0 Å². The second-order valence-electron chi connectivity index (χ2n) is 7.70. The second kappa shape index (κ2) is 11.9. The van der Waals surface area contributed by atoms with Crippen LogP contribution in [0.4, 0.5) is 14.5 Å². The van der Waals surface area contributed by atoms with Gasteiger partial charge in [0.1, 0.15) is 22.9 Å². The zero-order valence-corrected chi connectivity index (χ0v) is 19.2. The second-order valence-corrected chi connectivity index (χ2v) is 7.70. The number of hydrogen-bond donors (Lipinski definition) is 3. The van der Waals surface area contributed by atoms with E-state index < -0.39 is 23.1 Å². The number of halogens is 2. The van der Waals surface area contributed by atoms with Gasteiger partial charge in [-0.3, -0.25) is 9.89 Å². The van der Waals surface area contributed by atoms with Crippen LogP contribution in [0.25, 0.3) is 17.1 Å². The van der Waals surface area contributed by atoms with Crippen LogP contribution in [-0.4, -0.2) is 51.1 Å². The highest BCUT2D eigenvalue weighted by molar-refractivity contribution is 6.06. The molecule has 0 radical (unpaired) electrons. The van der Waals surface area contributed by atoms with Crippen LogP contribution in [0.3, 0.4) is 0 Å². The van der Waals surface area contributed by atoms with E-state index in [0.717, 1.165) is 23.4 Å². The van der Waals surface area contributed by atoms with E-state index in [2.05, 4.69) is 44.0 Å². The van der Waals surface area contributed by atoms with Crippen LogP contribution in [0, 0.1) is 11.6 Å². The summed E-state index contributed by atoms with van der Waals surface area (Å²) in [5.74, 6) is -2.42. The Hall–Kier alpha value is -3.85. The Labute approximate surface area is 197 Å². The Kier molecular flexibility index (Phi) is 8.64. The molecule has 3 heterocycles. The summed E-state index contributed by atoms with van der Waals surface area (Å²) in [5, 5.41) is 9.07. The minimum absolute atomic E-state index is 0.234. The molecule has 34 heavy (non-hydrogen) atoms. The highest BCUT2D eigenvalue weighted by Gasteiger charge is 2.20. The number of nitrogens with zero attached hydrogens (tertiary/aromatic N) is 3. The number of nitrogens with one attached hydrogen (secondary N) is 3. The molecule has 3 N–H and O–H groups in total. The SMILES string of the molecule is C=C/C=C\C(=C/C)c1cnc(-c2[nH]ncc2NC(=O)c2c(F)cccc2F)[nH]1.CN1CCCC1. The Balaban J connectivity index is 0.000000469. The van der Waals surface area contributed by atoms with E-state index in [9.17, 15) is 13.6 Å².